The molecule has 0 aliphatic carbocycles. The molecule has 0 aliphatic heterocycles. The molecule has 1 aromatic carbocycles. The van der Waals surface area contributed by atoms with Gasteiger partial charge in [-0.25, -0.2) is 0 Å². The Kier molecular flexibility index (Phi) is 2.82. The Morgan fingerprint density at radius 3 is 2.43 bits per heavy atom. The van der Waals surface area contributed by atoms with Crippen molar-refractivity contribution in [3.63, 3.8) is 0 Å². The van der Waals surface area contributed by atoms with Crippen molar-refractivity contribution in [1.29, 1.82) is 5.26 Å². The van der Waals surface area contributed by atoms with Gasteiger partial charge in [-0.1, -0.05) is 0 Å². The molecule has 0 saturated heterocycles. The molecule has 5 nitrogen and oxygen atoms in total. The minimum Gasteiger partial charge on any atom is -0.514 e. The molecule has 0 saturated carbocycles. The van der Waals surface area contributed by atoms with Crippen LogP contribution in [-0.4, -0.2) is 10.0 Å². The van der Waals surface area contributed by atoms with E-state index in [1.165, 1.54) is 24.3 Å². The fourth-order valence-electron chi connectivity index (χ4n) is 0.931. The van der Waals surface area contributed by atoms with Crippen molar-refractivity contribution in [3.8, 4) is 6.07 Å². The highest BCUT2D eigenvalue weighted by Gasteiger charge is 2.06. The minimum atomic E-state index is -0.529. The lowest BCUT2D eigenvalue weighted by atomic mass is 10.1. The molecule has 0 fully saturated rings. The van der Waals surface area contributed by atoms with Gasteiger partial charge in [-0.3, -0.25) is 10.1 Å². The summed E-state index contributed by atoms with van der Waals surface area (Å²) in [6, 6.07) is 7.12. The van der Waals surface area contributed by atoms with E-state index in [1.54, 1.807) is 6.07 Å². The fraction of sp³-hybridized carbons (Fsp3) is 0. The largest absolute Gasteiger partial charge is 0.514 e. The maximum atomic E-state index is 10.3. The van der Waals surface area contributed by atoms with E-state index in [1.807, 2.05) is 0 Å². The number of nitro groups is 1. The fourth-order valence-corrected chi connectivity index (χ4v) is 0.931. The molecule has 1 N–H and O–H groups in total. The number of aliphatic hydroxyl groups excluding tert-OH is 1. The van der Waals surface area contributed by atoms with Gasteiger partial charge in [0, 0.05) is 12.1 Å². The number of nitrogens with zero attached hydrogens (tertiary/aromatic N) is 2. The first-order valence-electron chi connectivity index (χ1n) is 3.68. The molecule has 0 aliphatic rings. The summed E-state index contributed by atoms with van der Waals surface area (Å²) in [4.78, 5) is 9.77. The highest BCUT2D eigenvalue weighted by Crippen LogP contribution is 2.17. The van der Waals surface area contributed by atoms with Crippen LogP contribution in [0.1, 0.15) is 5.56 Å². The summed E-state index contributed by atoms with van der Waals surface area (Å²) in [5.41, 5.74) is 0.462. The van der Waals surface area contributed by atoms with Crippen LogP contribution in [0.4, 0.5) is 5.69 Å². The van der Waals surface area contributed by atoms with Gasteiger partial charge in [-0.05, 0) is 17.7 Å². The van der Waals surface area contributed by atoms with Crippen LogP contribution in [0.15, 0.2) is 30.5 Å². The molecule has 5 heteroatoms. The quantitative estimate of drug-likeness (QED) is 0.334. The van der Waals surface area contributed by atoms with E-state index in [4.69, 9.17) is 10.4 Å². The van der Waals surface area contributed by atoms with E-state index in [0.29, 0.717) is 11.8 Å². The Morgan fingerprint density at radius 1 is 1.50 bits per heavy atom. The van der Waals surface area contributed by atoms with Gasteiger partial charge in [0.05, 0.1) is 16.8 Å². The Bertz CT molecular complexity index is 415. The van der Waals surface area contributed by atoms with Crippen LogP contribution in [0.2, 0.25) is 0 Å². The Balaban J connectivity index is 3.07. The van der Waals surface area contributed by atoms with Crippen molar-refractivity contribution in [2.24, 2.45) is 0 Å². The van der Waals surface area contributed by atoms with Crippen molar-refractivity contribution in [1.82, 2.24) is 0 Å². The molecule has 70 valence electrons. The lowest BCUT2D eigenvalue weighted by Gasteiger charge is -1.96. The number of aliphatic hydroxyl groups is 1. The van der Waals surface area contributed by atoms with Crippen LogP contribution < -0.4 is 0 Å². The topological polar surface area (TPSA) is 87.2 Å². The summed E-state index contributed by atoms with van der Waals surface area (Å²) in [6.07, 6.45) is 0.668. The van der Waals surface area contributed by atoms with Crippen molar-refractivity contribution in [2.45, 2.75) is 0 Å². The molecule has 0 aromatic heterocycles. The molecule has 0 unspecified atom stereocenters. The zero-order valence-corrected chi connectivity index (χ0v) is 7.04. The van der Waals surface area contributed by atoms with Gasteiger partial charge in [0.1, 0.15) is 6.07 Å². The van der Waals surface area contributed by atoms with Gasteiger partial charge in [-0.2, -0.15) is 5.26 Å². The molecule has 1 aromatic rings. The average Bonchev–Trinajstić information content (AvgIpc) is 2.20. The molecule has 0 bridgehead atoms. The normalized spacial score (nSPS) is 10.6. The maximum Gasteiger partial charge on any atom is 0.269 e. The third-order valence-corrected chi connectivity index (χ3v) is 1.64. The minimum absolute atomic E-state index is 0.0519. The van der Waals surface area contributed by atoms with Gasteiger partial charge >= 0.3 is 0 Å². The molecule has 14 heavy (non-hydrogen) atoms. The van der Waals surface area contributed by atoms with Crippen LogP contribution in [0, 0.1) is 21.4 Å². The predicted molar refractivity (Wildman–Crippen MR) is 49.3 cm³/mol. The van der Waals surface area contributed by atoms with Crippen LogP contribution in [0.3, 0.4) is 0 Å². The van der Waals surface area contributed by atoms with Crippen molar-refractivity contribution in [2.75, 3.05) is 0 Å². The lowest BCUT2D eigenvalue weighted by Crippen LogP contribution is -1.88. The number of rotatable bonds is 2. The van der Waals surface area contributed by atoms with Gasteiger partial charge in [0.25, 0.3) is 5.69 Å². The molecular formula is C9H6N2O3. The number of non-ortho nitro benzene ring substituents is 1. The Morgan fingerprint density at radius 2 is 2.07 bits per heavy atom. The molecule has 1 rings (SSSR count). The van der Waals surface area contributed by atoms with Crippen molar-refractivity contribution in [3.05, 3.63) is 46.2 Å². The standard InChI is InChI=1S/C9H6N2O3/c10-5-8(6-12)7-1-3-9(4-2-7)11(13)14/h1-4,6,12H/b8-6-. The predicted octanol–water partition coefficient (Wildman–Crippen LogP) is 2.02. The van der Waals surface area contributed by atoms with Gasteiger partial charge in [0.2, 0.25) is 0 Å². The van der Waals surface area contributed by atoms with E-state index in [0.717, 1.165) is 0 Å². The zero-order chi connectivity index (χ0) is 10.6. The second-order valence-corrected chi connectivity index (χ2v) is 2.46. The number of benzene rings is 1. The van der Waals surface area contributed by atoms with E-state index >= 15 is 0 Å². The monoisotopic (exact) mass is 190 g/mol. The van der Waals surface area contributed by atoms with E-state index in [9.17, 15) is 10.1 Å². The van der Waals surface area contributed by atoms with Gasteiger partial charge in [0.15, 0.2) is 0 Å². The van der Waals surface area contributed by atoms with Gasteiger partial charge < -0.3 is 5.11 Å². The van der Waals surface area contributed by atoms with Crippen LogP contribution in [0.25, 0.3) is 5.57 Å². The summed E-state index contributed by atoms with van der Waals surface area (Å²) in [5, 5.41) is 27.5. The smallest absolute Gasteiger partial charge is 0.269 e. The van der Waals surface area contributed by atoms with Crippen molar-refractivity contribution >= 4 is 11.3 Å². The average molecular weight is 190 g/mol. The third kappa shape index (κ3) is 1.87. The summed E-state index contributed by atoms with van der Waals surface area (Å²) >= 11 is 0. The third-order valence-electron chi connectivity index (χ3n) is 1.64. The first-order chi connectivity index (χ1) is 6.69. The number of nitriles is 1. The maximum absolute atomic E-state index is 10.3. The van der Waals surface area contributed by atoms with Crippen LogP contribution in [-0.2, 0) is 0 Å². The first-order valence-corrected chi connectivity index (χ1v) is 3.68. The van der Waals surface area contributed by atoms with E-state index < -0.39 is 4.92 Å². The molecule has 0 heterocycles. The first kappa shape index (κ1) is 9.74. The zero-order valence-electron chi connectivity index (χ0n) is 7.04. The second-order valence-electron chi connectivity index (χ2n) is 2.46. The van der Waals surface area contributed by atoms with Crippen LogP contribution in [0.5, 0.6) is 0 Å². The summed E-state index contributed by atoms with van der Waals surface area (Å²) < 4.78 is 0. The number of allylic oxidation sites excluding steroid dienone is 1. The Labute approximate surface area is 79.7 Å². The summed E-state index contributed by atoms with van der Waals surface area (Å²) in [6.45, 7) is 0. The molecule has 0 spiro atoms. The summed E-state index contributed by atoms with van der Waals surface area (Å²) in [7, 11) is 0. The number of nitro benzene ring substituents is 1. The van der Waals surface area contributed by atoms with Gasteiger partial charge in [-0.15, -0.1) is 0 Å². The summed E-state index contributed by atoms with van der Waals surface area (Å²) in [5.74, 6) is 0. The highest BCUT2D eigenvalue weighted by atomic mass is 16.6. The molecule has 0 atom stereocenters. The number of hydrogen-bond acceptors (Lipinski definition) is 4. The number of hydrogen-bond donors (Lipinski definition) is 1. The molecular weight excluding hydrogens is 184 g/mol. The van der Waals surface area contributed by atoms with E-state index in [2.05, 4.69) is 0 Å². The SMILES string of the molecule is N#C/C(=C/O)c1ccc([N+](=O)[O-])cc1. The lowest BCUT2D eigenvalue weighted by molar-refractivity contribution is -0.384. The Hall–Kier alpha value is -2.35. The molecule has 0 amide bonds. The molecule has 0 radical (unpaired) electrons. The van der Waals surface area contributed by atoms with Crippen molar-refractivity contribution < 1.29 is 10.0 Å². The highest BCUT2D eigenvalue weighted by molar-refractivity contribution is 5.76. The van der Waals surface area contributed by atoms with E-state index in [-0.39, 0.29) is 11.3 Å². The second kappa shape index (κ2) is 4.05. The van der Waals surface area contributed by atoms with Crippen LogP contribution >= 0.6 is 0 Å².